The molecule has 21 heavy (non-hydrogen) atoms. The standard InChI is InChI=1S/C18H22ClNO/c1-4-20-17(14-6-5-7-16(19)11-14)12-15-10-13(2)8-9-18(15)21-3/h5-11,17,20H,4,12H2,1-3H3. The molecule has 0 heterocycles. The van der Waals surface area contributed by atoms with Gasteiger partial charge in [0.1, 0.15) is 5.75 Å². The van der Waals surface area contributed by atoms with Gasteiger partial charge in [0.15, 0.2) is 0 Å². The van der Waals surface area contributed by atoms with Gasteiger partial charge in [0, 0.05) is 11.1 Å². The number of halogens is 1. The highest BCUT2D eigenvalue weighted by Crippen LogP contribution is 2.27. The van der Waals surface area contributed by atoms with Crippen molar-refractivity contribution in [2.75, 3.05) is 13.7 Å². The maximum Gasteiger partial charge on any atom is 0.122 e. The molecule has 2 nitrogen and oxygen atoms in total. The molecule has 112 valence electrons. The summed E-state index contributed by atoms with van der Waals surface area (Å²) in [6, 6.07) is 14.6. The van der Waals surface area contributed by atoms with E-state index in [9.17, 15) is 0 Å². The van der Waals surface area contributed by atoms with E-state index in [1.165, 1.54) is 16.7 Å². The number of hydrogen-bond acceptors (Lipinski definition) is 2. The molecule has 0 fully saturated rings. The second-order valence-corrected chi connectivity index (χ2v) is 5.62. The summed E-state index contributed by atoms with van der Waals surface area (Å²) in [5, 5.41) is 4.30. The fourth-order valence-electron chi connectivity index (χ4n) is 2.56. The molecule has 2 rings (SSSR count). The van der Waals surface area contributed by atoms with Crippen LogP contribution in [-0.2, 0) is 6.42 Å². The van der Waals surface area contributed by atoms with Crippen molar-refractivity contribution in [2.45, 2.75) is 26.3 Å². The van der Waals surface area contributed by atoms with Gasteiger partial charge in [0.05, 0.1) is 7.11 Å². The zero-order valence-corrected chi connectivity index (χ0v) is 13.6. The maximum atomic E-state index is 6.12. The Morgan fingerprint density at radius 2 is 2.00 bits per heavy atom. The van der Waals surface area contributed by atoms with E-state index >= 15 is 0 Å². The first-order chi connectivity index (χ1) is 10.1. The summed E-state index contributed by atoms with van der Waals surface area (Å²) in [5.41, 5.74) is 3.66. The monoisotopic (exact) mass is 303 g/mol. The lowest BCUT2D eigenvalue weighted by atomic mass is 9.97. The molecule has 0 saturated carbocycles. The van der Waals surface area contributed by atoms with Crippen LogP contribution in [0.3, 0.4) is 0 Å². The van der Waals surface area contributed by atoms with Crippen LogP contribution in [0, 0.1) is 6.92 Å². The molecule has 0 saturated heterocycles. The summed E-state index contributed by atoms with van der Waals surface area (Å²) in [6.07, 6.45) is 0.874. The molecule has 2 aromatic rings. The number of methoxy groups -OCH3 is 1. The van der Waals surface area contributed by atoms with Crippen LogP contribution in [0.4, 0.5) is 0 Å². The van der Waals surface area contributed by atoms with Crippen LogP contribution in [0.2, 0.25) is 5.02 Å². The first kappa shape index (κ1) is 15.9. The van der Waals surface area contributed by atoms with Crippen molar-refractivity contribution in [3.63, 3.8) is 0 Å². The van der Waals surface area contributed by atoms with E-state index in [-0.39, 0.29) is 6.04 Å². The molecule has 0 radical (unpaired) electrons. The van der Waals surface area contributed by atoms with E-state index in [2.05, 4.69) is 37.4 Å². The Labute approximate surface area is 132 Å². The second kappa shape index (κ2) is 7.48. The Morgan fingerprint density at radius 1 is 1.19 bits per heavy atom. The molecule has 0 spiro atoms. The van der Waals surface area contributed by atoms with Crippen LogP contribution in [0.25, 0.3) is 0 Å². The van der Waals surface area contributed by atoms with Gasteiger partial charge in [-0.1, -0.05) is 48.4 Å². The third-order valence-electron chi connectivity index (χ3n) is 3.56. The minimum atomic E-state index is 0.226. The predicted molar refractivity (Wildman–Crippen MR) is 89.3 cm³/mol. The number of likely N-dealkylation sites (N-methyl/N-ethyl adjacent to an activating group) is 1. The SMILES string of the molecule is CCNC(Cc1cc(C)ccc1OC)c1cccc(Cl)c1. The van der Waals surface area contributed by atoms with Crippen LogP contribution in [0.15, 0.2) is 42.5 Å². The maximum absolute atomic E-state index is 6.12. The number of aryl methyl sites for hydroxylation is 1. The van der Waals surface area contributed by atoms with Gasteiger partial charge in [-0.05, 0) is 49.2 Å². The van der Waals surface area contributed by atoms with Gasteiger partial charge in [0.25, 0.3) is 0 Å². The summed E-state index contributed by atoms with van der Waals surface area (Å²) >= 11 is 6.12. The Balaban J connectivity index is 2.30. The highest BCUT2D eigenvalue weighted by Gasteiger charge is 2.14. The fourth-order valence-corrected chi connectivity index (χ4v) is 2.76. The molecule has 0 aliphatic heterocycles. The van der Waals surface area contributed by atoms with Crippen molar-refractivity contribution in [1.29, 1.82) is 0 Å². The highest BCUT2D eigenvalue weighted by atomic mass is 35.5. The summed E-state index contributed by atoms with van der Waals surface area (Å²) in [7, 11) is 1.72. The van der Waals surface area contributed by atoms with Crippen LogP contribution >= 0.6 is 11.6 Å². The third-order valence-corrected chi connectivity index (χ3v) is 3.80. The lowest BCUT2D eigenvalue weighted by Gasteiger charge is -2.20. The molecule has 3 heteroatoms. The number of benzene rings is 2. The Morgan fingerprint density at radius 3 is 2.67 bits per heavy atom. The van der Waals surface area contributed by atoms with Crippen LogP contribution < -0.4 is 10.1 Å². The van der Waals surface area contributed by atoms with E-state index in [0.29, 0.717) is 0 Å². The van der Waals surface area contributed by atoms with E-state index < -0.39 is 0 Å². The number of ether oxygens (including phenoxy) is 1. The minimum absolute atomic E-state index is 0.226. The quantitative estimate of drug-likeness (QED) is 0.845. The van der Waals surface area contributed by atoms with Gasteiger partial charge in [0.2, 0.25) is 0 Å². The molecule has 1 N–H and O–H groups in total. The Bertz CT molecular complexity index is 598. The first-order valence-corrected chi connectivity index (χ1v) is 7.64. The third kappa shape index (κ3) is 4.23. The topological polar surface area (TPSA) is 21.3 Å². The van der Waals surface area contributed by atoms with Crippen LogP contribution in [0.1, 0.15) is 29.7 Å². The molecule has 0 amide bonds. The first-order valence-electron chi connectivity index (χ1n) is 7.26. The number of rotatable bonds is 6. The average molecular weight is 304 g/mol. The van der Waals surface area contributed by atoms with E-state index in [0.717, 1.165) is 23.7 Å². The van der Waals surface area contributed by atoms with Gasteiger partial charge in [-0.15, -0.1) is 0 Å². The summed E-state index contributed by atoms with van der Waals surface area (Å²) in [6.45, 7) is 5.13. The van der Waals surface area contributed by atoms with Crippen molar-refractivity contribution in [1.82, 2.24) is 5.32 Å². The average Bonchev–Trinajstić information content (AvgIpc) is 2.47. The van der Waals surface area contributed by atoms with Crippen molar-refractivity contribution in [2.24, 2.45) is 0 Å². The van der Waals surface area contributed by atoms with Crippen LogP contribution in [-0.4, -0.2) is 13.7 Å². The molecule has 0 aliphatic carbocycles. The zero-order valence-electron chi connectivity index (χ0n) is 12.8. The zero-order chi connectivity index (χ0) is 15.2. The smallest absolute Gasteiger partial charge is 0.122 e. The van der Waals surface area contributed by atoms with Gasteiger partial charge in [-0.2, -0.15) is 0 Å². The van der Waals surface area contributed by atoms with E-state index in [1.807, 2.05) is 24.3 Å². The molecule has 0 aromatic heterocycles. The van der Waals surface area contributed by atoms with Crippen LogP contribution in [0.5, 0.6) is 5.75 Å². The van der Waals surface area contributed by atoms with Crippen molar-refractivity contribution in [3.05, 3.63) is 64.2 Å². The minimum Gasteiger partial charge on any atom is -0.496 e. The lowest BCUT2D eigenvalue weighted by molar-refractivity contribution is 0.405. The largest absolute Gasteiger partial charge is 0.496 e. The van der Waals surface area contributed by atoms with Crippen molar-refractivity contribution < 1.29 is 4.74 Å². The Hall–Kier alpha value is -1.51. The van der Waals surface area contributed by atoms with Gasteiger partial charge in [-0.3, -0.25) is 0 Å². The van der Waals surface area contributed by atoms with Gasteiger partial charge < -0.3 is 10.1 Å². The summed E-state index contributed by atoms with van der Waals surface area (Å²) in [5.74, 6) is 0.936. The Kier molecular flexibility index (Phi) is 5.66. The van der Waals surface area contributed by atoms with Crippen molar-refractivity contribution in [3.8, 4) is 5.75 Å². The molecule has 0 aliphatic rings. The molecular formula is C18H22ClNO. The summed E-state index contributed by atoms with van der Waals surface area (Å²) in [4.78, 5) is 0. The van der Waals surface area contributed by atoms with E-state index in [4.69, 9.17) is 16.3 Å². The van der Waals surface area contributed by atoms with Gasteiger partial charge >= 0.3 is 0 Å². The van der Waals surface area contributed by atoms with Gasteiger partial charge in [-0.25, -0.2) is 0 Å². The number of nitrogens with one attached hydrogen (secondary N) is 1. The number of hydrogen-bond donors (Lipinski definition) is 1. The summed E-state index contributed by atoms with van der Waals surface area (Å²) < 4.78 is 5.49. The second-order valence-electron chi connectivity index (χ2n) is 5.18. The highest BCUT2D eigenvalue weighted by molar-refractivity contribution is 6.30. The van der Waals surface area contributed by atoms with E-state index in [1.54, 1.807) is 7.11 Å². The normalized spacial score (nSPS) is 12.2. The molecule has 1 atom stereocenters. The molecule has 2 aromatic carbocycles. The lowest BCUT2D eigenvalue weighted by Crippen LogP contribution is -2.23. The molecular weight excluding hydrogens is 282 g/mol. The molecule has 0 bridgehead atoms. The predicted octanol–water partition coefficient (Wildman–Crippen LogP) is 4.55. The fraction of sp³-hybridized carbons (Fsp3) is 0.333. The van der Waals surface area contributed by atoms with Crippen molar-refractivity contribution >= 4 is 11.6 Å². The molecule has 1 unspecified atom stereocenters.